The van der Waals surface area contributed by atoms with Crippen LogP contribution in [0.1, 0.15) is 52.4 Å². The fraction of sp³-hybridized carbons (Fsp3) is 0.800. The maximum atomic E-state index is 12.1. The van der Waals surface area contributed by atoms with E-state index in [9.17, 15) is 14.4 Å². The van der Waals surface area contributed by atoms with Crippen LogP contribution >= 0.6 is 0 Å². The molecule has 1 saturated carbocycles. The van der Waals surface area contributed by atoms with E-state index in [1.54, 1.807) is 0 Å². The summed E-state index contributed by atoms with van der Waals surface area (Å²) in [4.78, 5) is 37.0. The van der Waals surface area contributed by atoms with Gasteiger partial charge in [-0.3, -0.25) is 14.5 Å². The highest BCUT2D eigenvalue weighted by Crippen LogP contribution is 2.23. The van der Waals surface area contributed by atoms with Gasteiger partial charge in [-0.05, 0) is 25.2 Å². The highest BCUT2D eigenvalue weighted by atomic mass is 16.2. The van der Waals surface area contributed by atoms with Crippen LogP contribution in [-0.2, 0) is 9.59 Å². The van der Waals surface area contributed by atoms with E-state index in [0.717, 1.165) is 30.6 Å². The van der Waals surface area contributed by atoms with Gasteiger partial charge in [0.15, 0.2) is 0 Å². The molecule has 21 heavy (non-hydrogen) atoms. The van der Waals surface area contributed by atoms with Crippen molar-refractivity contribution >= 4 is 17.8 Å². The Hall–Kier alpha value is -1.59. The van der Waals surface area contributed by atoms with E-state index in [2.05, 4.69) is 17.6 Å². The molecule has 6 heteroatoms. The summed E-state index contributed by atoms with van der Waals surface area (Å²) in [5, 5.41) is 5.60. The van der Waals surface area contributed by atoms with Crippen LogP contribution in [0.2, 0.25) is 0 Å². The van der Waals surface area contributed by atoms with Crippen LogP contribution in [-0.4, -0.2) is 41.4 Å². The lowest BCUT2D eigenvalue weighted by Gasteiger charge is -2.29. The monoisotopic (exact) mass is 295 g/mol. The van der Waals surface area contributed by atoms with Crippen LogP contribution in [0.25, 0.3) is 0 Å². The standard InChI is InChI=1S/C15H25N3O3/c1-3-6-12-14(20)18(15(21)17-12)9-13(19)16-11-8-5-4-7-10(11)2/h10-12H,3-9H2,1-2H3,(H,16,19)(H,17,21)/t10-,11+,12-/m0/s1. The number of urea groups is 1. The van der Waals surface area contributed by atoms with Crippen molar-refractivity contribution in [2.24, 2.45) is 5.92 Å². The van der Waals surface area contributed by atoms with E-state index in [-0.39, 0.29) is 24.4 Å². The summed E-state index contributed by atoms with van der Waals surface area (Å²) in [6, 6.07) is -0.757. The predicted molar refractivity (Wildman–Crippen MR) is 78.5 cm³/mol. The Morgan fingerprint density at radius 1 is 1.33 bits per heavy atom. The minimum absolute atomic E-state index is 0.165. The Morgan fingerprint density at radius 3 is 2.71 bits per heavy atom. The van der Waals surface area contributed by atoms with Gasteiger partial charge in [0.2, 0.25) is 5.91 Å². The molecule has 0 aromatic heterocycles. The van der Waals surface area contributed by atoms with Gasteiger partial charge in [-0.2, -0.15) is 0 Å². The highest BCUT2D eigenvalue weighted by Gasteiger charge is 2.38. The summed E-state index contributed by atoms with van der Waals surface area (Å²) in [5.74, 6) is -0.0678. The summed E-state index contributed by atoms with van der Waals surface area (Å²) < 4.78 is 0. The molecule has 118 valence electrons. The van der Waals surface area contributed by atoms with Crippen molar-refractivity contribution in [1.29, 1.82) is 0 Å². The van der Waals surface area contributed by atoms with Crippen LogP contribution in [0.5, 0.6) is 0 Å². The van der Waals surface area contributed by atoms with Crippen molar-refractivity contribution in [3.05, 3.63) is 0 Å². The van der Waals surface area contributed by atoms with Crippen LogP contribution in [0.15, 0.2) is 0 Å². The molecule has 1 heterocycles. The summed E-state index contributed by atoms with van der Waals surface area (Å²) in [6.07, 6.45) is 5.85. The number of nitrogens with one attached hydrogen (secondary N) is 2. The number of nitrogens with zero attached hydrogens (tertiary/aromatic N) is 1. The predicted octanol–water partition coefficient (Wildman–Crippen LogP) is 1.40. The number of rotatable bonds is 5. The van der Waals surface area contributed by atoms with Gasteiger partial charge >= 0.3 is 6.03 Å². The Labute approximate surface area is 125 Å². The average molecular weight is 295 g/mol. The van der Waals surface area contributed by atoms with E-state index < -0.39 is 12.1 Å². The number of amides is 4. The third-order valence-corrected chi connectivity index (χ3v) is 4.44. The van der Waals surface area contributed by atoms with E-state index in [0.29, 0.717) is 12.3 Å². The lowest BCUT2D eigenvalue weighted by atomic mass is 9.86. The molecule has 4 amide bonds. The molecule has 0 bridgehead atoms. The third kappa shape index (κ3) is 3.74. The maximum Gasteiger partial charge on any atom is 0.325 e. The summed E-state index contributed by atoms with van der Waals surface area (Å²) in [6.45, 7) is 3.92. The van der Waals surface area contributed by atoms with Crippen molar-refractivity contribution in [2.75, 3.05) is 6.54 Å². The van der Waals surface area contributed by atoms with Crippen LogP contribution in [0.3, 0.4) is 0 Å². The van der Waals surface area contributed by atoms with E-state index in [4.69, 9.17) is 0 Å². The molecular formula is C15H25N3O3. The fourth-order valence-corrected chi connectivity index (χ4v) is 3.14. The van der Waals surface area contributed by atoms with Gasteiger partial charge in [-0.25, -0.2) is 4.79 Å². The normalized spacial score (nSPS) is 29.4. The zero-order chi connectivity index (χ0) is 15.4. The lowest BCUT2D eigenvalue weighted by molar-refractivity contribution is -0.132. The topological polar surface area (TPSA) is 78.5 Å². The first-order valence-electron chi connectivity index (χ1n) is 7.94. The van der Waals surface area contributed by atoms with Crippen molar-refractivity contribution in [3.63, 3.8) is 0 Å². The lowest BCUT2D eigenvalue weighted by Crippen LogP contribution is -2.47. The summed E-state index contributed by atoms with van der Waals surface area (Å²) >= 11 is 0. The van der Waals surface area contributed by atoms with Crippen LogP contribution < -0.4 is 10.6 Å². The van der Waals surface area contributed by atoms with Gasteiger partial charge in [0.05, 0.1) is 0 Å². The Bertz CT molecular complexity index is 424. The second-order valence-electron chi connectivity index (χ2n) is 6.15. The number of carbonyl (C=O) groups is 3. The molecule has 0 unspecified atom stereocenters. The van der Waals surface area contributed by atoms with E-state index in [1.807, 2.05) is 6.92 Å². The number of hydrogen-bond donors (Lipinski definition) is 2. The second-order valence-corrected chi connectivity index (χ2v) is 6.15. The molecule has 6 nitrogen and oxygen atoms in total. The van der Waals surface area contributed by atoms with Gasteiger partial charge < -0.3 is 10.6 Å². The first kappa shape index (κ1) is 15.8. The number of hydrogen-bond acceptors (Lipinski definition) is 3. The fourth-order valence-electron chi connectivity index (χ4n) is 3.14. The summed E-state index contributed by atoms with van der Waals surface area (Å²) in [5.41, 5.74) is 0. The molecule has 2 fully saturated rings. The van der Waals surface area contributed by atoms with Crippen LogP contribution in [0.4, 0.5) is 4.79 Å². The zero-order valence-electron chi connectivity index (χ0n) is 12.9. The maximum absolute atomic E-state index is 12.1. The molecule has 0 aromatic rings. The molecule has 3 atom stereocenters. The third-order valence-electron chi connectivity index (χ3n) is 4.44. The van der Waals surface area contributed by atoms with Gasteiger partial charge in [-0.1, -0.05) is 33.1 Å². The van der Waals surface area contributed by atoms with Gasteiger partial charge in [0, 0.05) is 6.04 Å². The smallest absolute Gasteiger partial charge is 0.325 e. The molecule has 2 aliphatic rings. The molecule has 2 N–H and O–H groups in total. The molecule has 1 aliphatic heterocycles. The molecule has 0 radical (unpaired) electrons. The Balaban J connectivity index is 1.87. The molecule has 0 aromatic carbocycles. The second kappa shape index (κ2) is 6.91. The van der Waals surface area contributed by atoms with Crippen molar-refractivity contribution in [2.45, 2.75) is 64.5 Å². The molecule has 1 saturated heterocycles. The summed E-state index contributed by atoms with van der Waals surface area (Å²) in [7, 11) is 0. The number of imide groups is 1. The highest BCUT2D eigenvalue weighted by molar-refractivity contribution is 6.06. The van der Waals surface area contributed by atoms with Crippen molar-refractivity contribution in [1.82, 2.24) is 15.5 Å². The zero-order valence-corrected chi connectivity index (χ0v) is 12.9. The van der Waals surface area contributed by atoms with E-state index in [1.165, 1.54) is 6.42 Å². The molecule has 2 rings (SSSR count). The molecule has 1 aliphatic carbocycles. The first-order valence-corrected chi connectivity index (χ1v) is 7.94. The van der Waals surface area contributed by atoms with Crippen molar-refractivity contribution < 1.29 is 14.4 Å². The average Bonchev–Trinajstić information content (AvgIpc) is 2.70. The van der Waals surface area contributed by atoms with E-state index >= 15 is 0 Å². The minimum Gasteiger partial charge on any atom is -0.352 e. The van der Waals surface area contributed by atoms with Gasteiger partial charge in [0.25, 0.3) is 5.91 Å². The van der Waals surface area contributed by atoms with Gasteiger partial charge in [0.1, 0.15) is 12.6 Å². The molecular weight excluding hydrogens is 270 g/mol. The largest absolute Gasteiger partial charge is 0.352 e. The van der Waals surface area contributed by atoms with Gasteiger partial charge in [-0.15, -0.1) is 0 Å². The first-order chi connectivity index (χ1) is 10.0. The quantitative estimate of drug-likeness (QED) is 0.753. The molecule has 0 spiro atoms. The Morgan fingerprint density at radius 2 is 2.05 bits per heavy atom. The SMILES string of the molecule is CCC[C@@H]1NC(=O)N(CC(=O)N[C@@H]2CCCC[C@@H]2C)C1=O. The Kier molecular flexibility index (Phi) is 5.20. The number of carbonyl (C=O) groups excluding carboxylic acids is 3. The van der Waals surface area contributed by atoms with Crippen molar-refractivity contribution in [3.8, 4) is 0 Å². The minimum atomic E-state index is -0.469. The van der Waals surface area contributed by atoms with Crippen LogP contribution in [0, 0.1) is 5.92 Å².